The predicted octanol–water partition coefficient (Wildman–Crippen LogP) is 4.72. The molecule has 0 aliphatic heterocycles. The minimum absolute atomic E-state index is 0.175. The Balaban J connectivity index is 2.47. The van der Waals surface area contributed by atoms with E-state index in [1.165, 1.54) is 24.3 Å². The van der Waals surface area contributed by atoms with Crippen LogP contribution in [-0.2, 0) is 5.60 Å². The molecule has 0 spiro atoms. The molecule has 2 aromatic rings. The summed E-state index contributed by atoms with van der Waals surface area (Å²) in [5.74, 6) is 0. The van der Waals surface area contributed by atoms with Gasteiger partial charge in [0, 0.05) is 25.3 Å². The van der Waals surface area contributed by atoms with Crippen LogP contribution in [0, 0.1) is 3.57 Å². The quantitative estimate of drug-likeness (QED) is 0.623. The molecule has 6 heteroatoms. The smallest absolute Gasteiger partial charge is 0.372 e. The van der Waals surface area contributed by atoms with Crippen molar-refractivity contribution in [1.82, 2.24) is 0 Å². The van der Waals surface area contributed by atoms with E-state index in [0.717, 1.165) is 0 Å². The fraction of sp³-hybridized carbons (Fsp3) is 0.143. The largest absolute Gasteiger partial charge is 0.425 e. The summed E-state index contributed by atoms with van der Waals surface area (Å²) in [5.41, 5.74) is -2.82. The maximum Gasteiger partial charge on any atom is 0.425 e. The first-order valence-electron chi connectivity index (χ1n) is 5.65. The molecule has 0 bridgehead atoms. The number of rotatable bonds is 0. The van der Waals surface area contributed by atoms with E-state index in [2.05, 4.69) is 0 Å². The summed E-state index contributed by atoms with van der Waals surface area (Å²) in [6.07, 6.45) is -4.82. The molecule has 2 aromatic carbocycles. The van der Waals surface area contributed by atoms with Gasteiger partial charge in [0.05, 0.1) is 0 Å². The Hall–Kier alpha value is -0.790. The third kappa shape index (κ3) is 1.72. The van der Waals surface area contributed by atoms with Crippen LogP contribution in [0.3, 0.4) is 0 Å². The summed E-state index contributed by atoms with van der Waals surface area (Å²) in [5, 5.41) is 10.6. The van der Waals surface area contributed by atoms with E-state index in [-0.39, 0.29) is 21.7 Å². The molecule has 0 fully saturated rings. The molecule has 0 radical (unpaired) electrons. The fourth-order valence-electron chi connectivity index (χ4n) is 2.60. The molecule has 0 saturated carbocycles. The summed E-state index contributed by atoms with van der Waals surface area (Å²) in [4.78, 5) is 0. The molecule has 1 nitrogen and oxygen atoms in total. The number of alkyl halides is 3. The summed E-state index contributed by atoms with van der Waals surface area (Å²) in [6.45, 7) is 0. The molecule has 1 aliphatic rings. The maximum absolute atomic E-state index is 13.5. The zero-order valence-corrected chi connectivity index (χ0v) is 12.7. The van der Waals surface area contributed by atoms with Gasteiger partial charge in [0.15, 0.2) is 0 Å². The lowest BCUT2D eigenvalue weighted by Gasteiger charge is -2.28. The first kappa shape index (κ1) is 14.2. The highest BCUT2D eigenvalue weighted by molar-refractivity contribution is 14.1. The first-order chi connectivity index (χ1) is 9.26. The van der Waals surface area contributed by atoms with E-state index >= 15 is 0 Å². The van der Waals surface area contributed by atoms with E-state index in [4.69, 9.17) is 11.6 Å². The van der Waals surface area contributed by atoms with Crippen molar-refractivity contribution in [1.29, 1.82) is 0 Å². The molecule has 1 N–H and O–H groups in total. The van der Waals surface area contributed by atoms with Crippen LogP contribution < -0.4 is 0 Å². The molecule has 0 amide bonds. The fourth-order valence-corrected chi connectivity index (χ4v) is 3.73. The van der Waals surface area contributed by atoms with E-state index in [0.29, 0.717) is 9.13 Å². The molecule has 0 saturated heterocycles. The minimum atomic E-state index is -4.82. The average Bonchev–Trinajstić information content (AvgIpc) is 2.61. The molecule has 104 valence electrons. The summed E-state index contributed by atoms with van der Waals surface area (Å²) < 4.78 is 41.0. The highest BCUT2D eigenvalue weighted by atomic mass is 127. The second-order valence-corrected chi connectivity index (χ2v) is 6.22. The van der Waals surface area contributed by atoms with Gasteiger partial charge in [-0.05, 0) is 40.3 Å². The van der Waals surface area contributed by atoms with Gasteiger partial charge in [0.1, 0.15) is 0 Å². The Bertz CT molecular complexity index is 714. The lowest BCUT2D eigenvalue weighted by molar-refractivity contribution is -0.246. The van der Waals surface area contributed by atoms with Gasteiger partial charge in [-0.25, -0.2) is 0 Å². The van der Waals surface area contributed by atoms with Gasteiger partial charge < -0.3 is 5.11 Å². The van der Waals surface area contributed by atoms with Crippen molar-refractivity contribution in [2.24, 2.45) is 0 Å². The Morgan fingerprint density at radius 1 is 1.10 bits per heavy atom. The first-order valence-corrected chi connectivity index (χ1v) is 7.11. The van der Waals surface area contributed by atoms with Gasteiger partial charge >= 0.3 is 6.18 Å². The second-order valence-electron chi connectivity index (χ2n) is 4.56. The zero-order valence-electron chi connectivity index (χ0n) is 9.80. The van der Waals surface area contributed by atoms with Crippen LogP contribution in [0.1, 0.15) is 11.1 Å². The topological polar surface area (TPSA) is 20.2 Å². The van der Waals surface area contributed by atoms with E-state index in [1.54, 1.807) is 12.1 Å². The van der Waals surface area contributed by atoms with Crippen LogP contribution in [0.25, 0.3) is 11.1 Å². The number of benzene rings is 2. The molecule has 1 aliphatic carbocycles. The summed E-state index contributed by atoms with van der Waals surface area (Å²) in [6, 6.07) is 8.83. The van der Waals surface area contributed by atoms with Gasteiger partial charge in [-0.1, -0.05) is 35.9 Å². The molecular formula is C14H7ClF3IO. The van der Waals surface area contributed by atoms with Crippen LogP contribution in [0.15, 0.2) is 36.4 Å². The number of fused-ring (bicyclic) bond motifs is 3. The molecular weight excluding hydrogens is 404 g/mol. The zero-order chi connectivity index (χ0) is 14.7. The van der Waals surface area contributed by atoms with Crippen LogP contribution in [0.4, 0.5) is 13.2 Å². The summed E-state index contributed by atoms with van der Waals surface area (Å²) in [7, 11) is 0. The van der Waals surface area contributed by atoms with Crippen molar-refractivity contribution in [2.75, 3.05) is 0 Å². The number of hydrogen-bond donors (Lipinski definition) is 1. The van der Waals surface area contributed by atoms with Crippen molar-refractivity contribution in [3.8, 4) is 11.1 Å². The maximum atomic E-state index is 13.5. The van der Waals surface area contributed by atoms with Crippen molar-refractivity contribution >= 4 is 34.2 Å². The van der Waals surface area contributed by atoms with Gasteiger partial charge in [-0.3, -0.25) is 0 Å². The van der Waals surface area contributed by atoms with Gasteiger partial charge in [0.25, 0.3) is 0 Å². The van der Waals surface area contributed by atoms with Crippen LogP contribution in [0.2, 0.25) is 5.02 Å². The second kappa shape index (κ2) is 4.35. The van der Waals surface area contributed by atoms with Crippen LogP contribution >= 0.6 is 34.2 Å². The Morgan fingerprint density at radius 2 is 1.75 bits per heavy atom. The molecule has 0 heterocycles. The molecule has 1 unspecified atom stereocenters. The third-order valence-corrected chi connectivity index (χ3v) is 4.36. The van der Waals surface area contributed by atoms with Crippen molar-refractivity contribution in [3.05, 3.63) is 56.1 Å². The Morgan fingerprint density at radius 3 is 2.40 bits per heavy atom. The molecule has 1 atom stereocenters. The number of halogens is 5. The monoisotopic (exact) mass is 410 g/mol. The van der Waals surface area contributed by atoms with E-state index in [1.807, 2.05) is 22.6 Å². The van der Waals surface area contributed by atoms with Gasteiger partial charge in [-0.2, -0.15) is 13.2 Å². The molecule has 0 aromatic heterocycles. The van der Waals surface area contributed by atoms with E-state index in [9.17, 15) is 18.3 Å². The van der Waals surface area contributed by atoms with Crippen molar-refractivity contribution < 1.29 is 18.3 Å². The van der Waals surface area contributed by atoms with Crippen molar-refractivity contribution in [2.45, 2.75) is 11.8 Å². The van der Waals surface area contributed by atoms with Crippen LogP contribution in [0.5, 0.6) is 0 Å². The predicted molar refractivity (Wildman–Crippen MR) is 78.7 cm³/mol. The van der Waals surface area contributed by atoms with Gasteiger partial charge in [0.2, 0.25) is 5.60 Å². The Labute approximate surface area is 131 Å². The van der Waals surface area contributed by atoms with Gasteiger partial charge in [-0.15, -0.1) is 0 Å². The molecule has 3 rings (SSSR count). The lowest BCUT2D eigenvalue weighted by atomic mass is 9.91. The van der Waals surface area contributed by atoms with Crippen LogP contribution in [-0.4, -0.2) is 11.3 Å². The van der Waals surface area contributed by atoms with E-state index < -0.39 is 11.8 Å². The minimum Gasteiger partial charge on any atom is -0.372 e. The summed E-state index contributed by atoms with van der Waals surface area (Å²) >= 11 is 7.98. The number of aliphatic hydroxyl groups is 1. The number of hydrogen-bond acceptors (Lipinski definition) is 1. The highest BCUT2D eigenvalue weighted by Gasteiger charge is 2.61. The highest BCUT2D eigenvalue weighted by Crippen LogP contribution is 2.56. The normalized spacial score (nSPS) is 20.7. The SMILES string of the molecule is OC1(C(F)(F)F)c2ccccc2-c2c(Cl)cc(I)cc21. The average molecular weight is 411 g/mol. The third-order valence-electron chi connectivity index (χ3n) is 3.44. The standard InChI is InChI=1S/C14H7ClF3IO/c15-11-6-7(19)5-10-12(11)8-3-1-2-4-9(8)13(10,20)14(16,17)18/h1-6,20H. The molecule has 20 heavy (non-hydrogen) atoms. The lowest BCUT2D eigenvalue weighted by Crippen LogP contribution is -2.41. The Kier molecular flexibility index (Phi) is 3.08. The van der Waals surface area contributed by atoms with Crippen molar-refractivity contribution in [3.63, 3.8) is 0 Å².